The van der Waals surface area contributed by atoms with Gasteiger partial charge >= 0.3 is 0 Å². The molecule has 0 saturated carbocycles. The molecule has 0 aromatic heterocycles. The first-order chi connectivity index (χ1) is 14.3. The number of benzene rings is 2. The quantitative estimate of drug-likeness (QED) is 0.751. The van der Waals surface area contributed by atoms with Crippen LogP contribution in [0.3, 0.4) is 0 Å². The summed E-state index contributed by atoms with van der Waals surface area (Å²) in [6.07, 6.45) is 0.378. The smallest absolute Gasteiger partial charge is 0.243 e. The third-order valence-corrected chi connectivity index (χ3v) is 8.00. The topological polar surface area (TPSA) is 60.9 Å². The summed E-state index contributed by atoms with van der Waals surface area (Å²) in [5, 5.41) is 0. The highest BCUT2D eigenvalue weighted by molar-refractivity contribution is 7.89. The van der Waals surface area contributed by atoms with Crippen molar-refractivity contribution >= 4 is 15.9 Å². The van der Waals surface area contributed by atoms with Gasteiger partial charge in [0.25, 0.3) is 0 Å². The molecule has 2 fully saturated rings. The Morgan fingerprint density at radius 2 is 1.60 bits per heavy atom. The summed E-state index contributed by atoms with van der Waals surface area (Å²) in [6, 6.07) is 18.3. The molecule has 2 aliphatic rings. The molecule has 0 aliphatic carbocycles. The lowest BCUT2D eigenvalue weighted by Gasteiger charge is -2.55. The van der Waals surface area contributed by atoms with E-state index in [0.717, 1.165) is 12.1 Å². The lowest BCUT2D eigenvalue weighted by molar-refractivity contribution is -0.136. The summed E-state index contributed by atoms with van der Waals surface area (Å²) in [5.41, 5.74) is 0.710. The molecule has 6 nitrogen and oxygen atoms in total. The number of hydrogen-bond donors (Lipinski definition) is 0. The minimum absolute atomic E-state index is 0.0132. The van der Waals surface area contributed by atoms with Gasteiger partial charge in [0.15, 0.2) is 0 Å². The van der Waals surface area contributed by atoms with Crippen LogP contribution in [0.1, 0.15) is 19.4 Å². The van der Waals surface area contributed by atoms with E-state index in [0.29, 0.717) is 37.5 Å². The van der Waals surface area contributed by atoms with E-state index in [1.165, 1.54) is 0 Å². The molecule has 0 bridgehead atoms. The van der Waals surface area contributed by atoms with Crippen molar-refractivity contribution in [3.05, 3.63) is 66.2 Å². The second-order valence-corrected chi connectivity index (χ2v) is 10.7. The minimum atomic E-state index is -3.57. The van der Waals surface area contributed by atoms with Gasteiger partial charge in [-0.2, -0.15) is 4.31 Å². The largest absolute Gasteiger partial charge is 0.340 e. The van der Waals surface area contributed by atoms with E-state index in [9.17, 15) is 13.2 Å². The molecule has 0 radical (unpaired) electrons. The first-order valence-electron chi connectivity index (χ1n) is 10.4. The Bertz CT molecular complexity index is 993. The summed E-state index contributed by atoms with van der Waals surface area (Å²) in [4.78, 5) is 17.5. The zero-order valence-corrected chi connectivity index (χ0v) is 18.4. The van der Waals surface area contributed by atoms with E-state index in [1.807, 2.05) is 41.3 Å². The van der Waals surface area contributed by atoms with Crippen LogP contribution in [0.5, 0.6) is 0 Å². The lowest BCUT2D eigenvalue weighted by atomic mass is 9.94. The minimum Gasteiger partial charge on any atom is -0.340 e. The van der Waals surface area contributed by atoms with Crippen molar-refractivity contribution in [3.63, 3.8) is 0 Å². The van der Waals surface area contributed by atoms with Crippen molar-refractivity contribution in [1.29, 1.82) is 0 Å². The van der Waals surface area contributed by atoms with Gasteiger partial charge in [-0.3, -0.25) is 9.69 Å². The second kappa shape index (κ2) is 8.13. The molecule has 30 heavy (non-hydrogen) atoms. The SMILES string of the molecule is CC1(C)CN(S(=O)(=O)c2ccccc2)C[C@@H]2CN(C(=O)Cc3ccccc3)CCN21. The molecule has 160 valence electrons. The molecule has 2 aromatic carbocycles. The van der Waals surface area contributed by atoms with Gasteiger partial charge in [-0.15, -0.1) is 0 Å². The van der Waals surface area contributed by atoms with Crippen LogP contribution in [0.2, 0.25) is 0 Å². The van der Waals surface area contributed by atoms with Crippen molar-refractivity contribution < 1.29 is 13.2 Å². The molecule has 2 aromatic rings. The van der Waals surface area contributed by atoms with Gasteiger partial charge in [0.05, 0.1) is 11.3 Å². The monoisotopic (exact) mass is 427 g/mol. The number of rotatable bonds is 4. The summed E-state index contributed by atoms with van der Waals surface area (Å²) in [5.74, 6) is 0.0988. The number of carbonyl (C=O) groups is 1. The summed E-state index contributed by atoms with van der Waals surface area (Å²) >= 11 is 0. The molecule has 1 amide bonds. The number of nitrogens with zero attached hydrogens (tertiary/aromatic N) is 3. The van der Waals surface area contributed by atoms with Gasteiger partial charge in [-0.25, -0.2) is 8.42 Å². The van der Waals surface area contributed by atoms with Gasteiger partial charge in [-0.05, 0) is 31.5 Å². The van der Waals surface area contributed by atoms with E-state index in [-0.39, 0.29) is 17.5 Å². The Hall–Kier alpha value is -2.22. The number of sulfonamides is 1. The maximum absolute atomic E-state index is 13.2. The normalized spacial score (nSPS) is 22.5. The molecule has 7 heteroatoms. The van der Waals surface area contributed by atoms with Crippen LogP contribution < -0.4 is 0 Å². The lowest BCUT2D eigenvalue weighted by Crippen LogP contribution is -2.70. The molecular weight excluding hydrogens is 398 g/mol. The van der Waals surface area contributed by atoms with Crippen LogP contribution >= 0.6 is 0 Å². The van der Waals surface area contributed by atoms with Crippen molar-refractivity contribution in [3.8, 4) is 0 Å². The Labute approximate surface area is 179 Å². The maximum atomic E-state index is 13.2. The third-order valence-electron chi connectivity index (χ3n) is 6.17. The van der Waals surface area contributed by atoms with E-state index in [2.05, 4.69) is 18.7 Å². The summed E-state index contributed by atoms with van der Waals surface area (Å²) in [7, 11) is -3.57. The van der Waals surface area contributed by atoms with Crippen molar-refractivity contribution in [2.75, 3.05) is 32.7 Å². The number of piperazine rings is 2. The highest BCUT2D eigenvalue weighted by atomic mass is 32.2. The standard InChI is InChI=1S/C23H29N3O3S/c1-23(2)18-25(30(28,29)21-11-7-4-8-12-21)17-20-16-24(13-14-26(20)23)22(27)15-19-9-5-3-6-10-19/h3-12,20H,13-18H2,1-2H3/t20-/m0/s1. The van der Waals surface area contributed by atoms with Crippen LogP contribution in [0, 0.1) is 0 Å². The second-order valence-electron chi connectivity index (χ2n) is 8.77. The fourth-order valence-corrected chi connectivity index (χ4v) is 6.32. The number of fused-ring (bicyclic) bond motifs is 1. The van der Waals surface area contributed by atoms with E-state index in [1.54, 1.807) is 28.6 Å². The van der Waals surface area contributed by atoms with Crippen molar-refractivity contribution in [2.24, 2.45) is 0 Å². The van der Waals surface area contributed by atoms with Gasteiger partial charge < -0.3 is 4.90 Å². The van der Waals surface area contributed by atoms with Crippen LogP contribution in [-0.4, -0.2) is 72.7 Å². The fourth-order valence-electron chi connectivity index (χ4n) is 4.66. The molecule has 0 spiro atoms. The van der Waals surface area contributed by atoms with Crippen LogP contribution in [0.15, 0.2) is 65.6 Å². The Morgan fingerprint density at radius 3 is 2.27 bits per heavy atom. The van der Waals surface area contributed by atoms with Gasteiger partial charge in [0.2, 0.25) is 15.9 Å². The zero-order valence-electron chi connectivity index (χ0n) is 17.6. The molecule has 2 aliphatic heterocycles. The molecular formula is C23H29N3O3S. The predicted octanol–water partition coefficient (Wildman–Crippen LogP) is 2.23. The van der Waals surface area contributed by atoms with Crippen molar-refractivity contribution in [1.82, 2.24) is 14.1 Å². The maximum Gasteiger partial charge on any atom is 0.243 e. The molecule has 1 atom stereocenters. The molecule has 0 unspecified atom stereocenters. The van der Waals surface area contributed by atoms with Crippen LogP contribution in [0.4, 0.5) is 0 Å². The number of hydrogen-bond acceptors (Lipinski definition) is 4. The molecule has 4 rings (SSSR count). The molecule has 0 N–H and O–H groups in total. The van der Waals surface area contributed by atoms with E-state index >= 15 is 0 Å². The average Bonchev–Trinajstić information content (AvgIpc) is 2.74. The van der Waals surface area contributed by atoms with E-state index < -0.39 is 10.0 Å². The summed E-state index contributed by atoms with van der Waals surface area (Å²) in [6.45, 7) is 7.01. The highest BCUT2D eigenvalue weighted by Gasteiger charge is 2.46. The first-order valence-corrected chi connectivity index (χ1v) is 11.8. The number of amides is 1. The Morgan fingerprint density at radius 1 is 0.967 bits per heavy atom. The Kier molecular flexibility index (Phi) is 5.70. The molecule has 2 saturated heterocycles. The van der Waals surface area contributed by atoms with Crippen molar-refractivity contribution in [2.45, 2.75) is 36.7 Å². The van der Waals surface area contributed by atoms with Crippen LogP contribution in [-0.2, 0) is 21.2 Å². The summed E-state index contributed by atoms with van der Waals surface area (Å²) < 4.78 is 28.1. The van der Waals surface area contributed by atoms with Gasteiger partial charge in [0.1, 0.15) is 0 Å². The predicted molar refractivity (Wildman–Crippen MR) is 116 cm³/mol. The van der Waals surface area contributed by atoms with Gasteiger partial charge in [0, 0.05) is 44.3 Å². The van der Waals surface area contributed by atoms with E-state index in [4.69, 9.17) is 0 Å². The third kappa shape index (κ3) is 4.15. The fraction of sp³-hybridized carbons (Fsp3) is 0.435. The van der Waals surface area contributed by atoms with Crippen LogP contribution in [0.25, 0.3) is 0 Å². The number of carbonyl (C=O) groups excluding carboxylic acids is 1. The Balaban J connectivity index is 1.51. The highest BCUT2D eigenvalue weighted by Crippen LogP contribution is 2.31. The average molecular weight is 428 g/mol. The molecule has 2 heterocycles. The zero-order chi connectivity index (χ0) is 21.4. The van der Waals surface area contributed by atoms with Gasteiger partial charge in [-0.1, -0.05) is 48.5 Å². The first kappa shape index (κ1) is 21.0.